The molecule has 0 saturated heterocycles. The number of hydrogen-bond acceptors (Lipinski definition) is 5. The van der Waals surface area contributed by atoms with Crippen LogP contribution < -0.4 is 15.8 Å². The Hall–Kier alpha value is -3.09. The number of halogens is 1. The lowest BCUT2D eigenvalue weighted by atomic mass is 9.96. The lowest BCUT2D eigenvalue weighted by Gasteiger charge is -2.13. The Kier molecular flexibility index (Phi) is 5.04. The standard InChI is InChI=1S/C24H20ClN3O2S/c1-30-14-7-4-6-13(12-14)27-23(29)22-21(26)20-19(15-8-2-3-10-17(15)25)16-9-5-11-18(16)28-24(20)31-22/h2-4,6-8,10,12H,5,9,11,26H2,1H3,(H,27,29). The number of carbonyl (C=O) groups excluding carboxylic acids is 1. The van der Waals surface area contributed by atoms with E-state index in [1.807, 2.05) is 42.5 Å². The van der Waals surface area contributed by atoms with Crippen LogP contribution in [0, 0.1) is 0 Å². The summed E-state index contributed by atoms with van der Waals surface area (Å²) in [5.74, 6) is 0.403. The van der Waals surface area contributed by atoms with Crippen molar-refractivity contribution in [3.63, 3.8) is 0 Å². The SMILES string of the molecule is COc1cccc(NC(=O)c2sc3nc4c(c(-c5ccccc5Cl)c3c2N)CCC4)c1. The number of amides is 1. The van der Waals surface area contributed by atoms with Crippen molar-refractivity contribution in [2.75, 3.05) is 18.2 Å². The molecule has 0 aliphatic heterocycles. The molecular formula is C24H20ClN3O2S. The molecule has 0 radical (unpaired) electrons. The van der Waals surface area contributed by atoms with E-state index in [-0.39, 0.29) is 5.91 Å². The van der Waals surface area contributed by atoms with Gasteiger partial charge in [-0.05, 0) is 43.0 Å². The number of nitrogen functional groups attached to an aromatic ring is 1. The molecule has 0 saturated carbocycles. The number of ether oxygens (including phenoxy) is 1. The number of aryl methyl sites for hydroxylation is 1. The molecule has 1 aliphatic carbocycles. The first-order chi connectivity index (χ1) is 15.1. The minimum atomic E-state index is -0.265. The van der Waals surface area contributed by atoms with Crippen LogP contribution in [0.3, 0.4) is 0 Å². The van der Waals surface area contributed by atoms with Crippen LogP contribution in [0.2, 0.25) is 5.02 Å². The first kappa shape index (κ1) is 19.8. The van der Waals surface area contributed by atoms with E-state index in [4.69, 9.17) is 27.1 Å². The molecule has 2 aromatic heterocycles. The van der Waals surface area contributed by atoms with Crippen LogP contribution in [0.1, 0.15) is 27.3 Å². The molecule has 3 N–H and O–H groups in total. The summed E-state index contributed by atoms with van der Waals surface area (Å²) in [6.07, 6.45) is 2.91. The zero-order valence-electron chi connectivity index (χ0n) is 16.9. The van der Waals surface area contributed by atoms with E-state index in [0.717, 1.165) is 46.3 Å². The summed E-state index contributed by atoms with van der Waals surface area (Å²) in [5.41, 5.74) is 11.9. The summed E-state index contributed by atoms with van der Waals surface area (Å²) < 4.78 is 5.24. The van der Waals surface area contributed by atoms with E-state index in [0.29, 0.717) is 27.0 Å². The third-order valence-electron chi connectivity index (χ3n) is 5.58. The van der Waals surface area contributed by atoms with Gasteiger partial charge in [-0.3, -0.25) is 4.79 Å². The third kappa shape index (κ3) is 3.42. The van der Waals surface area contributed by atoms with Gasteiger partial charge in [0.05, 0.1) is 12.8 Å². The number of nitrogens with zero attached hydrogens (tertiary/aromatic N) is 1. The highest BCUT2D eigenvalue weighted by Gasteiger charge is 2.27. The number of hydrogen-bond donors (Lipinski definition) is 2. The van der Waals surface area contributed by atoms with Gasteiger partial charge in [-0.1, -0.05) is 35.9 Å². The van der Waals surface area contributed by atoms with E-state index in [1.165, 1.54) is 16.9 Å². The predicted octanol–water partition coefficient (Wildman–Crippen LogP) is 5.95. The van der Waals surface area contributed by atoms with Crippen molar-refractivity contribution in [1.29, 1.82) is 0 Å². The normalized spacial score (nSPS) is 12.7. The maximum absolute atomic E-state index is 13.1. The molecule has 5 nitrogen and oxygen atoms in total. The number of methoxy groups -OCH3 is 1. The molecule has 2 heterocycles. The highest BCUT2D eigenvalue weighted by atomic mass is 35.5. The number of fused-ring (bicyclic) bond motifs is 2. The second-order valence-corrected chi connectivity index (χ2v) is 8.86. The molecule has 0 bridgehead atoms. The molecule has 0 fully saturated rings. The summed E-state index contributed by atoms with van der Waals surface area (Å²) >= 11 is 7.89. The van der Waals surface area contributed by atoms with Gasteiger partial charge in [-0.15, -0.1) is 11.3 Å². The number of nitrogens with one attached hydrogen (secondary N) is 1. The van der Waals surface area contributed by atoms with Gasteiger partial charge >= 0.3 is 0 Å². The second-order valence-electron chi connectivity index (χ2n) is 7.46. The van der Waals surface area contributed by atoms with Gasteiger partial charge in [0.2, 0.25) is 0 Å². The van der Waals surface area contributed by atoms with Gasteiger partial charge in [-0.2, -0.15) is 0 Å². The van der Waals surface area contributed by atoms with Gasteiger partial charge < -0.3 is 15.8 Å². The highest BCUT2D eigenvalue weighted by molar-refractivity contribution is 7.21. The molecule has 156 valence electrons. The summed E-state index contributed by atoms with van der Waals surface area (Å²) in [5, 5.41) is 4.40. The Morgan fingerprint density at radius 2 is 2.03 bits per heavy atom. The van der Waals surface area contributed by atoms with E-state index in [9.17, 15) is 4.79 Å². The number of rotatable bonds is 4. The average Bonchev–Trinajstić information content (AvgIpc) is 3.37. The fourth-order valence-corrected chi connectivity index (χ4v) is 5.41. The van der Waals surface area contributed by atoms with Crippen LogP contribution in [0.25, 0.3) is 21.3 Å². The van der Waals surface area contributed by atoms with Crippen molar-refractivity contribution in [2.45, 2.75) is 19.3 Å². The fraction of sp³-hybridized carbons (Fsp3) is 0.167. The van der Waals surface area contributed by atoms with Crippen molar-refractivity contribution in [2.24, 2.45) is 0 Å². The molecule has 31 heavy (non-hydrogen) atoms. The molecule has 0 unspecified atom stereocenters. The predicted molar refractivity (Wildman–Crippen MR) is 127 cm³/mol. The van der Waals surface area contributed by atoms with Crippen molar-refractivity contribution in [3.8, 4) is 16.9 Å². The lowest BCUT2D eigenvalue weighted by molar-refractivity contribution is 0.103. The smallest absolute Gasteiger partial charge is 0.267 e. The Bertz CT molecular complexity index is 1330. The quantitative estimate of drug-likeness (QED) is 0.403. The number of nitrogens with two attached hydrogens (primary N) is 1. The largest absolute Gasteiger partial charge is 0.497 e. The lowest BCUT2D eigenvalue weighted by Crippen LogP contribution is -2.12. The Morgan fingerprint density at radius 3 is 2.84 bits per heavy atom. The third-order valence-corrected chi connectivity index (χ3v) is 7.01. The maximum Gasteiger partial charge on any atom is 0.267 e. The Labute approximate surface area is 188 Å². The Balaban J connectivity index is 1.65. The van der Waals surface area contributed by atoms with Crippen LogP contribution in [0.5, 0.6) is 5.75 Å². The van der Waals surface area contributed by atoms with Crippen LogP contribution in [-0.4, -0.2) is 18.0 Å². The summed E-state index contributed by atoms with van der Waals surface area (Å²) in [6, 6.07) is 15.0. The van der Waals surface area contributed by atoms with Crippen LogP contribution in [0.15, 0.2) is 48.5 Å². The maximum atomic E-state index is 13.1. The minimum absolute atomic E-state index is 0.265. The first-order valence-electron chi connectivity index (χ1n) is 10.0. The molecule has 2 aromatic carbocycles. The van der Waals surface area contributed by atoms with Crippen LogP contribution >= 0.6 is 22.9 Å². The summed E-state index contributed by atoms with van der Waals surface area (Å²) in [6.45, 7) is 0. The van der Waals surface area contributed by atoms with Crippen molar-refractivity contribution in [3.05, 3.63) is 69.7 Å². The van der Waals surface area contributed by atoms with Gasteiger partial charge in [0.25, 0.3) is 5.91 Å². The van der Waals surface area contributed by atoms with Gasteiger partial charge in [0, 0.05) is 39.0 Å². The van der Waals surface area contributed by atoms with Gasteiger partial charge in [-0.25, -0.2) is 4.98 Å². The zero-order valence-corrected chi connectivity index (χ0v) is 18.4. The summed E-state index contributed by atoms with van der Waals surface area (Å²) in [7, 11) is 1.59. The first-order valence-corrected chi connectivity index (χ1v) is 11.2. The molecule has 0 spiro atoms. The van der Waals surface area contributed by atoms with Gasteiger partial charge in [0.15, 0.2) is 0 Å². The number of aromatic nitrogens is 1. The number of carbonyl (C=O) groups is 1. The van der Waals surface area contributed by atoms with Crippen molar-refractivity contribution < 1.29 is 9.53 Å². The highest BCUT2D eigenvalue weighted by Crippen LogP contribution is 2.45. The molecule has 5 rings (SSSR count). The number of benzene rings is 2. The monoisotopic (exact) mass is 449 g/mol. The zero-order chi connectivity index (χ0) is 21.5. The molecule has 1 aliphatic rings. The van der Waals surface area contributed by atoms with Gasteiger partial charge in [0.1, 0.15) is 15.5 Å². The average molecular weight is 450 g/mol. The van der Waals surface area contributed by atoms with E-state index in [2.05, 4.69) is 5.32 Å². The van der Waals surface area contributed by atoms with E-state index in [1.54, 1.807) is 13.2 Å². The van der Waals surface area contributed by atoms with E-state index >= 15 is 0 Å². The van der Waals surface area contributed by atoms with Crippen LogP contribution in [0.4, 0.5) is 11.4 Å². The van der Waals surface area contributed by atoms with Crippen LogP contribution in [-0.2, 0) is 12.8 Å². The number of pyridine rings is 1. The molecular weight excluding hydrogens is 430 g/mol. The number of anilines is 2. The fourth-order valence-electron chi connectivity index (χ4n) is 4.16. The second kappa shape index (κ2) is 7.87. The Morgan fingerprint density at radius 1 is 1.19 bits per heavy atom. The molecule has 7 heteroatoms. The topological polar surface area (TPSA) is 77.2 Å². The van der Waals surface area contributed by atoms with Crippen molar-refractivity contribution in [1.82, 2.24) is 4.98 Å². The molecule has 0 atom stereocenters. The molecule has 1 amide bonds. The van der Waals surface area contributed by atoms with E-state index < -0.39 is 0 Å². The van der Waals surface area contributed by atoms with Crippen molar-refractivity contribution >= 4 is 50.4 Å². The summed E-state index contributed by atoms with van der Waals surface area (Å²) in [4.78, 5) is 19.2. The minimum Gasteiger partial charge on any atom is -0.497 e. The molecule has 4 aromatic rings. The number of thiophene rings is 1.